The summed E-state index contributed by atoms with van der Waals surface area (Å²) in [5.74, 6) is -0.323. The van der Waals surface area contributed by atoms with Crippen LogP contribution in [-0.4, -0.2) is 34.2 Å². The lowest BCUT2D eigenvalue weighted by Gasteiger charge is -2.25. The van der Waals surface area contributed by atoms with Gasteiger partial charge in [0, 0.05) is 22.5 Å². The average Bonchev–Trinajstić information content (AvgIpc) is 3.29. The van der Waals surface area contributed by atoms with Crippen molar-refractivity contribution >= 4 is 44.3 Å². The Bertz CT molecular complexity index is 1070. The van der Waals surface area contributed by atoms with Gasteiger partial charge in [0.1, 0.15) is 11.0 Å². The van der Waals surface area contributed by atoms with Crippen LogP contribution in [0.15, 0.2) is 59.1 Å². The Morgan fingerprint density at radius 3 is 2.45 bits per heavy atom. The minimum absolute atomic E-state index is 0.163. The van der Waals surface area contributed by atoms with Crippen LogP contribution in [0, 0.1) is 0 Å². The predicted octanol–water partition coefficient (Wildman–Crippen LogP) is 5.15. The number of nitrogens with one attached hydrogen (secondary N) is 3. The number of aromatic nitrogens is 2. The van der Waals surface area contributed by atoms with E-state index in [0.29, 0.717) is 16.6 Å². The van der Waals surface area contributed by atoms with E-state index in [1.165, 1.54) is 17.8 Å². The van der Waals surface area contributed by atoms with Gasteiger partial charge in [0.2, 0.25) is 11.0 Å². The fourth-order valence-corrected chi connectivity index (χ4v) is 4.88. The number of anilines is 1. The molecule has 3 aromatic rings. The van der Waals surface area contributed by atoms with E-state index in [1.807, 2.05) is 54.6 Å². The third kappa shape index (κ3) is 6.85. The van der Waals surface area contributed by atoms with Crippen molar-refractivity contribution in [1.29, 1.82) is 0 Å². The molecule has 1 fully saturated rings. The molecule has 1 aliphatic rings. The average molecular weight is 528 g/mol. The molecule has 1 atom stereocenters. The Balaban J connectivity index is 1.43. The maximum Gasteiger partial charge on any atom is 0.315 e. The summed E-state index contributed by atoms with van der Waals surface area (Å²) in [5, 5.41) is 18.1. The van der Waals surface area contributed by atoms with E-state index in [-0.39, 0.29) is 18.0 Å². The second kappa shape index (κ2) is 11.4. The normalized spacial score (nSPS) is 14.9. The summed E-state index contributed by atoms with van der Waals surface area (Å²) >= 11 is 4.71. The van der Waals surface area contributed by atoms with Crippen LogP contribution in [0.3, 0.4) is 0 Å². The first-order chi connectivity index (χ1) is 16.1. The Labute approximate surface area is 205 Å². The van der Waals surface area contributed by atoms with Crippen LogP contribution in [0.25, 0.3) is 10.6 Å². The van der Waals surface area contributed by atoms with Crippen LogP contribution < -0.4 is 16.0 Å². The third-order valence-electron chi connectivity index (χ3n) is 5.59. The number of urea groups is 1. The molecule has 0 bridgehead atoms. The number of rotatable bonds is 7. The van der Waals surface area contributed by atoms with Crippen molar-refractivity contribution in [2.24, 2.45) is 0 Å². The fraction of sp³-hybridized carbons (Fsp3) is 0.333. The van der Waals surface area contributed by atoms with Gasteiger partial charge in [-0.25, -0.2) is 4.79 Å². The highest BCUT2D eigenvalue weighted by atomic mass is 79.9. The van der Waals surface area contributed by atoms with E-state index >= 15 is 0 Å². The van der Waals surface area contributed by atoms with E-state index in [2.05, 4.69) is 42.1 Å². The first kappa shape index (κ1) is 23.4. The zero-order valence-electron chi connectivity index (χ0n) is 18.1. The van der Waals surface area contributed by atoms with Gasteiger partial charge in [0.15, 0.2) is 0 Å². The van der Waals surface area contributed by atoms with Crippen molar-refractivity contribution in [3.8, 4) is 10.6 Å². The quantitative estimate of drug-likeness (QED) is 0.395. The maximum absolute atomic E-state index is 13.1. The second-order valence-corrected chi connectivity index (χ2v) is 10.00. The van der Waals surface area contributed by atoms with Crippen molar-refractivity contribution in [2.45, 2.75) is 50.6 Å². The molecule has 1 aromatic heterocycles. The molecular weight excluding hydrogens is 502 g/mol. The number of halogens is 1. The van der Waals surface area contributed by atoms with Crippen molar-refractivity contribution in [3.05, 3.63) is 64.6 Å². The molecule has 1 aliphatic carbocycles. The maximum atomic E-state index is 13.1. The molecule has 9 heteroatoms. The van der Waals surface area contributed by atoms with E-state index in [1.54, 1.807) is 0 Å². The number of hydrogen-bond acceptors (Lipinski definition) is 5. The Morgan fingerprint density at radius 1 is 1.00 bits per heavy atom. The second-order valence-electron chi connectivity index (χ2n) is 8.10. The molecule has 3 amide bonds. The number of carbonyl (C=O) groups is 2. The highest BCUT2D eigenvalue weighted by Gasteiger charge is 2.24. The van der Waals surface area contributed by atoms with Gasteiger partial charge in [-0.05, 0) is 30.5 Å². The fourth-order valence-electron chi connectivity index (χ4n) is 3.87. The van der Waals surface area contributed by atoms with Gasteiger partial charge in [0.05, 0.1) is 0 Å². The minimum atomic E-state index is -0.740. The zero-order chi connectivity index (χ0) is 23.0. The summed E-state index contributed by atoms with van der Waals surface area (Å²) in [6, 6.07) is 16.5. The zero-order valence-corrected chi connectivity index (χ0v) is 20.5. The lowest BCUT2D eigenvalue weighted by Crippen LogP contribution is -2.51. The minimum Gasteiger partial charge on any atom is -0.335 e. The monoisotopic (exact) mass is 527 g/mol. The Morgan fingerprint density at radius 2 is 1.73 bits per heavy atom. The molecule has 172 valence electrons. The molecule has 1 saturated carbocycles. The smallest absolute Gasteiger partial charge is 0.315 e. The lowest BCUT2D eigenvalue weighted by molar-refractivity contribution is -0.117. The number of amides is 3. The molecule has 33 heavy (non-hydrogen) atoms. The van der Waals surface area contributed by atoms with Crippen LogP contribution in [0.5, 0.6) is 0 Å². The molecule has 0 radical (unpaired) electrons. The molecular formula is C24H26BrN5O2S. The Kier molecular flexibility index (Phi) is 8.06. The van der Waals surface area contributed by atoms with E-state index in [4.69, 9.17) is 0 Å². The van der Waals surface area contributed by atoms with E-state index < -0.39 is 6.04 Å². The molecule has 0 spiro atoms. The molecule has 4 rings (SSSR count). The molecule has 1 heterocycles. The number of hydrogen-bond donors (Lipinski definition) is 3. The van der Waals surface area contributed by atoms with Gasteiger partial charge in [-0.15, -0.1) is 10.2 Å². The van der Waals surface area contributed by atoms with Crippen molar-refractivity contribution < 1.29 is 9.59 Å². The molecule has 0 saturated heterocycles. The van der Waals surface area contributed by atoms with Crippen LogP contribution in [-0.2, 0) is 11.2 Å². The highest BCUT2D eigenvalue weighted by molar-refractivity contribution is 9.10. The topological polar surface area (TPSA) is 96.0 Å². The van der Waals surface area contributed by atoms with Crippen LogP contribution in [0.1, 0.15) is 37.7 Å². The molecule has 2 aromatic carbocycles. The number of nitrogens with zero attached hydrogens (tertiary/aromatic N) is 2. The van der Waals surface area contributed by atoms with Gasteiger partial charge in [-0.3, -0.25) is 10.1 Å². The molecule has 0 aliphatic heterocycles. The summed E-state index contributed by atoms with van der Waals surface area (Å²) in [7, 11) is 0. The van der Waals surface area contributed by atoms with Gasteiger partial charge in [-0.1, -0.05) is 89.0 Å². The van der Waals surface area contributed by atoms with Gasteiger partial charge < -0.3 is 10.6 Å². The summed E-state index contributed by atoms with van der Waals surface area (Å²) in [6.07, 6.45) is 5.79. The SMILES string of the molecule is O=C(NC1CCCCC1)NC(Cc1ccccc1)C(=O)Nc1nnc(-c2ccc(Br)cc2)s1. The first-order valence-corrected chi connectivity index (χ1v) is 12.7. The lowest BCUT2D eigenvalue weighted by atomic mass is 9.96. The van der Waals surface area contributed by atoms with Gasteiger partial charge >= 0.3 is 6.03 Å². The van der Waals surface area contributed by atoms with E-state index in [0.717, 1.165) is 41.3 Å². The first-order valence-electron chi connectivity index (χ1n) is 11.1. The van der Waals surface area contributed by atoms with Crippen molar-refractivity contribution in [1.82, 2.24) is 20.8 Å². The largest absolute Gasteiger partial charge is 0.335 e. The number of carbonyl (C=O) groups excluding carboxylic acids is 2. The van der Waals surface area contributed by atoms with Crippen molar-refractivity contribution in [2.75, 3.05) is 5.32 Å². The predicted molar refractivity (Wildman–Crippen MR) is 134 cm³/mol. The van der Waals surface area contributed by atoms with Crippen LogP contribution >= 0.6 is 27.3 Å². The van der Waals surface area contributed by atoms with Crippen LogP contribution in [0.4, 0.5) is 9.93 Å². The van der Waals surface area contributed by atoms with Gasteiger partial charge in [-0.2, -0.15) is 0 Å². The molecule has 1 unspecified atom stereocenters. The molecule has 7 nitrogen and oxygen atoms in total. The van der Waals surface area contributed by atoms with Crippen LogP contribution in [0.2, 0.25) is 0 Å². The van der Waals surface area contributed by atoms with Gasteiger partial charge in [0.25, 0.3) is 0 Å². The third-order valence-corrected chi connectivity index (χ3v) is 7.01. The van der Waals surface area contributed by atoms with E-state index in [9.17, 15) is 9.59 Å². The standard InChI is InChI=1S/C24H26BrN5O2S/c25-18-13-11-17(12-14-18)22-29-30-24(33-22)28-21(31)20(15-16-7-3-1-4-8-16)27-23(32)26-19-9-5-2-6-10-19/h1,3-4,7-8,11-14,19-20H,2,5-6,9-10,15H2,(H2,26,27,32)(H,28,30,31). The summed E-state index contributed by atoms with van der Waals surface area (Å²) in [5.41, 5.74) is 1.88. The number of benzene rings is 2. The Hall–Kier alpha value is -2.78. The summed E-state index contributed by atoms with van der Waals surface area (Å²) < 4.78 is 0.977. The molecule has 3 N–H and O–H groups in total. The summed E-state index contributed by atoms with van der Waals surface area (Å²) in [6.45, 7) is 0. The summed E-state index contributed by atoms with van der Waals surface area (Å²) in [4.78, 5) is 25.8. The highest BCUT2D eigenvalue weighted by Crippen LogP contribution is 2.27. The van der Waals surface area contributed by atoms with Crippen molar-refractivity contribution in [3.63, 3.8) is 0 Å².